The van der Waals surface area contributed by atoms with Crippen LogP contribution in [0.1, 0.15) is 48.0 Å². The maximum absolute atomic E-state index is 13.7. The molecule has 0 aromatic heterocycles. The standard InChI is InChI=1S/C31H38Cl2N4O4.H2O/c1-21(38)35-12-9-23(10-13-35)31(40)37-14-11-29(26(20-37)24-5-8-27(32)28(33)19-24)34(2)30(39)22-3-6-25(7-4-22)36-15-17-41-18-16-36;/h3-8,19,23,26,29H,9-18,20H2,1-2H3;1H2/t26-,29+;/m0./s1. The Morgan fingerprint density at radius 2 is 1.50 bits per heavy atom. The smallest absolute Gasteiger partial charge is 0.253 e. The number of hydrogen-bond acceptors (Lipinski definition) is 5. The van der Waals surface area contributed by atoms with Crippen molar-refractivity contribution >= 4 is 46.6 Å². The molecule has 0 radical (unpaired) electrons. The second-order valence-corrected chi connectivity index (χ2v) is 12.1. The van der Waals surface area contributed by atoms with E-state index in [9.17, 15) is 14.4 Å². The molecule has 2 aromatic carbocycles. The van der Waals surface area contributed by atoms with Gasteiger partial charge in [0.05, 0.1) is 23.3 Å². The number of carbonyl (C=O) groups excluding carboxylic acids is 3. The molecule has 9 nitrogen and oxygen atoms in total. The number of ether oxygens (including phenoxy) is 1. The second kappa shape index (κ2) is 14.1. The zero-order valence-corrected chi connectivity index (χ0v) is 25.7. The summed E-state index contributed by atoms with van der Waals surface area (Å²) in [6.45, 7) is 6.95. The van der Waals surface area contributed by atoms with E-state index in [2.05, 4.69) is 4.90 Å². The number of rotatable bonds is 5. The largest absolute Gasteiger partial charge is 0.412 e. The van der Waals surface area contributed by atoms with Crippen LogP contribution >= 0.6 is 23.2 Å². The molecule has 2 aromatic rings. The zero-order chi connectivity index (χ0) is 29.1. The summed E-state index contributed by atoms with van der Waals surface area (Å²) < 4.78 is 5.45. The number of likely N-dealkylation sites (N-methyl/N-ethyl adjacent to an activating group) is 1. The second-order valence-electron chi connectivity index (χ2n) is 11.3. The minimum Gasteiger partial charge on any atom is -0.412 e. The Bertz CT molecular complexity index is 1260. The van der Waals surface area contributed by atoms with Crippen molar-refractivity contribution in [3.8, 4) is 0 Å². The van der Waals surface area contributed by atoms with Crippen molar-refractivity contribution in [1.82, 2.24) is 14.7 Å². The number of likely N-dealkylation sites (tertiary alicyclic amines) is 2. The summed E-state index contributed by atoms with van der Waals surface area (Å²) in [5.41, 5.74) is 2.67. The molecule has 3 fully saturated rings. The van der Waals surface area contributed by atoms with Gasteiger partial charge in [-0.1, -0.05) is 29.3 Å². The highest BCUT2D eigenvalue weighted by molar-refractivity contribution is 6.42. The Morgan fingerprint density at radius 1 is 0.857 bits per heavy atom. The highest BCUT2D eigenvalue weighted by Crippen LogP contribution is 2.36. The van der Waals surface area contributed by atoms with Gasteiger partial charge in [-0.3, -0.25) is 14.4 Å². The molecular weight excluding hydrogens is 579 g/mol. The molecule has 3 saturated heterocycles. The van der Waals surface area contributed by atoms with Crippen molar-refractivity contribution in [2.75, 3.05) is 64.4 Å². The quantitative estimate of drug-likeness (QED) is 0.508. The first-order valence-corrected chi connectivity index (χ1v) is 15.2. The van der Waals surface area contributed by atoms with Crippen LogP contribution in [-0.2, 0) is 14.3 Å². The summed E-state index contributed by atoms with van der Waals surface area (Å²) >= 11 is 12.7. The Hall–Kier alpha value is -2.85. The highest BCUT2D eigenvalue weighted by atomic mass is 35.5. The fourth-order valence-corrected chi connectivity index (χ4v) is 6.67. The molecule has 11 heteroatoms. The van der Waals surface area contributed by atoms with Crippen molar-refractivity contribution < 1.29 is 24.6 Å². The Balaban J connectivity index is 0.00000405. The van der Waals surface area contributed by atoms with Gasteiger partial charge >= 0.3 is 0 Å². The maximum Gasteiger partial charge on any atom is 0.253 e. The van der Waals surface area contributed by atoms with Gasteiger partial charge in [0.1, 0.15) is 0 Å². The average molecular weight is 620 g/mol. The molecule has 0 bridgehead atoms. The van der Waals surface area contributed by atoms with Crippen LogP contribution in [0.5, 0.6) is 0 Å². The monoisotopic (exact) mass is 618 g/mol. The molecule has 2 atom stereocenters. The van der Waals surface area contributed by atoms with Crippen LogP contribution in [0.25, 0.3) is 0 Å². The summed E-state index contributed by atoms with van der Waals surface area (Å²) in [7, 11) is 1.85. The van der Waals surface area contributed by atoms with E-state index in [1.54, 1.807) is 13.0 Å². The third kappa shape index (κ3) is 7.02. The normalized spacial score (nSPS) is 21.5. The van der Waals surface area contributed by atoms with E-state index in [1.165, 1.54) is 0 Å². The summed E-state index contributed by atoms with van der Waals surface area (Å²) in [5, 5.41) is 0.924. The number of carbonyl (C=O) groups is 3. The lowest BCUT2D eigenvalue weighted by Gasteiger charge is -2.44. The van der Waals surface area contributed by atoms with Gasteiger partial charge in [0.15, 0.2) is 0 Å². The predicted octanol–water partition coefficient (Wildman–Crippen LogP) is 3.72. The molecule has 0 spiro atoms. The van der Waals surface area contributed by atoms with Crippen LogP contribution in [0, 0.1) is 5.92 Å². The van der Waals surface area contributed by atoms with E-state index in [1.807, 2.05) is 58.1 Å². The van der Waals surface area contributed by atoms with Crippen molar-refractivity contribution in [3.05, 3.63) is 63.6 Å². The highest BCUT2D eigenvalue weighted by Gasteiger charge is 2.39. The number of hydrogen-bond donors (Lipinski definition) is 0. The Kier molecular flexibility index (Phi) is 10.8. The number of anilines is 1. The molecule has 3 aliphatic heterocycles. The van der Waals surface area contributed by atoms with Crippen LogP contribution in [-0.4, -0.2) is 103 Å². The van der Waals surface area contributed by atoms with Crippen molar-refractivity contribution in [2.24, 2.45) is 5.92 Å². The van der Waals surface area contributed by atoms with E-state index in [0.717, 1.165) is 24.3 Å². The van der Waals surface area contributed by atoms with E-state index < -0.39 is 0 Å². The number of halogens is 2. The van der Waals surface area contributed by atoms with Crippen molar-refractivity contribution in [3.63, 3.8) is 0 Å². The predicted molar refractivity (Wildman–Crippen MR) is 164 cm³/mol. The van der Waals surface area contributed by atoms with E-state index in [-0.39, 0.29) is 41.1 Å². The number of piperidine rings is 2. The minimum atomic E-state index is -0.124. The lowest BCUT2D eigenvalue weighted by Crippen LogP contribution is -2.53. The lowest BCUT2D eigenvalue weighted by molar-refractivity contribution is -0.141. The van der Waals surface area contributed by atoms with Crippen LogP contribution in [0.15, 0.2) is 42.5 Å². The average Bonchev–Trinajstić information content (AvgIpc) is 3.01. The summed E-state index contributed by atoms with van der Waals surface area (Å²) in [4.78, 5) is 46.9. The van der Waals surface area contributed by atoms with Gasteiger partial charge in [0.2, 0.25) is 11.8 Å². The number of nitrogens with zero attached hydrogens (tertiary/aromatic N) is 4. The molecule has 0 unspecified atom stereocenters. The van der Waals surface area contributed by atoms with E-state index in [4.69, 9.17) is 27.9 Å². The van der Waals surface area contributed by atoms with Gasteiger partial charge in [0.25, 0.3) is 5.91 Å². The van der Waals surface area contributed by atoms with Gasteiger partial charge in [-0.2, -0.15) is 0 Å². The first-order valence-electron chi connectivity index (χ1n) is 14.4. The fourth-order valence-electron chi connectivity index (χ4n) is 6.36. The summed E-state index contributed by atoms with van der Waals surface area (Å²) in [6.07, 6.45) is 2.00. The van der Waals surface area contributed by atoms with Crippen molar-refractivity contribution in [2.45, 2.75) is 38.1 Å². The Morgan fingerprint density at radius 3 is 2.12 bits per heavy atom. The number of morpholine rings is 1. The third-order valence-electron chi connectivity index (χ3n) is 8.86. The van der Waals surface area contributed by atoms with Crippen molar-refractivity contribution in [1.29, 1.82) is 0 Å². The molecular formula is C31H40Cl2N4O5. The lowest BCUT2D eigenvalue weighted by atomic mass is 9.83. The number of amides is 3. The maximum atomic E-state index is 13.7. The van der Waals surface area contributed by atoms with Crippen LogP contribution in [0.3, 0.4) is 0 Å². The first kappa shape index (κ1) is 32.1. The Labute approximate surface area is 257 Å². The van der Waals surface area contributed by atoms with E-state index >= 15 is 0 Å². The van der Waals surface area contributed by atoms with Crippen LogP contribution in [0.4, 0.5) is 5.69 Å². The molecule has 0 aliphatic carbocycles. The number of benzene rings is 2. The molecule has 3 heterocycles. The van der Waals surface area contributed by atoms with Gasteiger partial charge in [0, 0.05) is 82.4 Å². The van der Waals surface area contributed by atoms with Gasteiger partial charge in [-0.05, 0) is 61.2 Å². The summed E-state index contributed by atoms with van der Waals surface area (Å²) in [6, 6.07) is 13.2. The molecule has 3 aliphatic rings. The van der Waals surface area contributed by atoms with Crippen LogP contribution in [0.2, 0.25) is 10.0 Å². The summed E-state index contributed by atoms with van der Waals surface area (Å²) in [5.74, 6) is -0.0866. The minimum absolute atomic E-state index is 0. The molecule has 5 rings (SSSR count). The third-order valence-corrected chi connectivity index (χ3v) is 9.60. The molecule has 2 N–H and O–H groups in total. The SMILES string of the molecule is CC(=O)N1CCC(C(=O)N2CC[C@@H](N(C)C(=O)c3ccc(N4CCOCC4)cc3)[C@H](c3ccc(Cl)c(Cl)c3)C2)CC1.O. The molecule has 3 amide bonds. The van der Waals surface area contributed by atoms with Gasteiger partial charge < -0.3 is 29.8 Å². The zero-order valence-electron chi connectivity index (χ0n) is 24.2. The topological polar surface area (TPSA) is 105 Å². The fraction of sp³-hybridized carbons (Fsp3) is 0.516. The first-order chi connectivity index (χ1) is 19.7. The van der Waals surface area contributed by atoms with Gasteiger partial charge in [-0.25, -0.2) is 0 Å². The van der Waals surface area contributed by atoms with Crippen LogP contribution < -0.4 is 4.90 Å². The molecule has 228 valence electrons. The molecule has 0 saturated carbocycles. The van der Waals surface area contributed by atoms with Gasteiger partial charge in [-0.15, -0.1) is 0 Å². The van der Waals surface area contributed by atoms with E-state index in [0.29, 0.717) is 74.3 Å². The molecule has 42 heavy (non-hydrogen) atoms.